The Morgan fingerprint density at radius 1 is 0.236 bits per heavy atom. The van der Waals surface area contributed by atoms with E-state index in [9.17, 15) is 0 Å². The van der Waals surface area contributed by atoms with Crippen LogP contribution in [0.25, 0.3) is 109 Å². The Hall–Kier alpha value is -6.94. The fourth-order valence-electron chi connectivity index (χ4n) is 7.82. The largest absolute Gasteiger partial charge is 0.456 e. The summed E-state index contributed by atoms with van der Waals surface area (Å²) in [5.41, 5.74) is 15.6. The number of hydrogen-bond donors (Lipinski definition) is 0. The van der Waals surface area contributed by atoms with E-state index in [2.05, 4.69) is 170 Å². The van der Waals surface area contributed by atoms with Gasteiger partial charge in [0, 0.05) is 31.3 Å². The Morgan fingerprint density at radius 3 is 0.909 bits per heavy atom. The van der Waals surface area contributed by atoms with Crippen molar-refractivity contribution in [1.29, 1.82) is 0 Å². The molecule has 0 atom stereocenters. The number of benzene rings is 8. The Bertz CT molecular complexity index is 2940. The molecule has 0 aliphatic carbocycles. The minimum atomic E-state index is 0.920. The molecule has 0 amide bonds. The van der Waals surface area contributed by atoms with Crippen LogP contribution in [-0.2, 0) is 0 Å². The van der Waals surface area contributed by atoms with Crippen LogP contribution in [0.2, 0.25) is 0 Å². The second kappa shape index (κ2) is 12.9. The molecule has 0 fully saturated rings. The van der Waals surface area contributed by atoms with Crippen LogP contribution < -0.4 is 0 Å². The molecule has 0 spiro atoms. The molecule has 0 bridgehead atoms. The van der Waals surface area contributed by atoms with Crippen LogP contribution in [0, 0.1) is 0 Å². The normalized spacial score (nSPS) is 11.6. The minimum absolute atomic E-state index is 0.920. The third kappa shape index (κ3) is 5.65. The SMILES string of the molecule is c1ccc2c(c1)oc1cc(-c3ccc(-c4ccc(-c5ccc(-c6ccc(-c7ccc(-c8ccc9c(c8)oc8ccccc89)cc7)cc6)s5)cc4)cc3)ccc12. The van der Waals surface area contributed by atoms with Crippen molar-refractivity contribution >= 4 is 55.2 Å². The van der Waals surface area contributed by atoms with Gasteiger partial charge in [-0.1, -0.05) is 146 Å². The molecule has 2 nitrogen and oxygen atoms in total. The zero-order chi connectivity index (χ0) is 36.3. The van der Waals surface area contributed by atoms with E-state index in [-0.39, 0.29) is 0 Å². The van der Waals surface area contributed by atoms with Crippen molar-refractivity contribution in [3.8, 4) is 65.4 Å². The van der Waals surface area contributed by atoms with E-state index in [1.807, 2.05) is 35.6 Å². The highest BCUT2D eigenvalue weighted by atomic mass is 32.1. The maximum Gasteiger partial charge on any atom is 0.136 e. The van der Waals surface area contributed by atoms with Crippen LogP contribution in [-0.4, -0.2) is 0 Å². The van der Waals surface area contributed by atoms with Crippen molar-refractivity contribution in [3.05, 3.63) is 194 Å². The summed E-state index contributed by atoms with van der Waals surface area (Å²) < 4.78 is 12.3. The molecule has 0 radical (unpaired) electrons. The Balaban J connectivity index is 0.772. The van der Waals surface area contributed by atoms with Crippen LogP contribution in [0.15, 0.2) is 203 Å². The molecule has 3 heterocycles. The average Bonchev–Trinajstić information content (AvgIpc) is 3.99. The van der Waals surface area contributed by atoms with Crippen LogP contribution >= 0.6 is 11.3 Å². The molecule has 11 aromatic rings. The minimum Gasteiger partial charge on any atom is -0.456 e. The van der Waals surface area contributed by atoms with E-state index in [0.29, 0.717) is 0 Å². The first-order valence-electron chi connectivity index (χ1n) is 18.6. The molecule has 3 heteroatoms. The van der Waals surface area contributed by atoms with Gasteiger partial charge in [-0.3, -0.25) is 0 Å². The number of rotatable bonds is 6. The maximum absolute atomic E-state index is 6.13. The number of furan rings is 2. The first-order chi connectivity index (χ1) is 27.2. The highest BCUT2D eigenvalue weighted by molar-refractivity contribution is 7.18. The molecule has 258 valence electrons. The second-order valence-corrected chi connectivity index (χ2v) is 15.2. The molecule has 0 saturated heterocycles. The van der Waals surface area contributed by atoms with Gasteiger partial charge in [-0.25, -0.2) is 0 Å². The highest BCUT2D eigenvalue weighted by Crippen LogP contribution is 2.38. The highest BCUT2D eigenvalue weighted by Gasteiger charge is 2.11. The predicted molar refractivity (Wildman–Crippen MR) is 231 cm³/mol. The summed E-state index contributed by atoms with van der Waals surface area (Å²) in [6.45, 7) is 0. The zero-order valence-electron chi connectivity index (χ0n) is 29.7. The monoisotopic (exact) mass is 720 g/mol. The number of thiophene rings is 1. The van der Waals surface area contributed by atoms with Gasteiger partial charge in [0.05, 0.1) is 0 Å². The molecule has 0 aliphatic rings. The van der Waals surface area contributed by atoms with Gasteiger partial charge in [0.15, 0.2) is 0 Å². The van der Waals surface area contributed by atoms with Crippen molar-refractivity contribution in [2.75, 3.05) is 0 Å². The molecular formula is C52H32O2S. The van der Waals surface area contributed by atoms with Crippen molar-refractivity contribution in [1.82, 2.24) is 0 Å². The standard InChI is InChI=1S/C52H32O2S/c1-3-7-47-43(5-1)45-27-25-41(31-49(45)53-47)37-13-9-33(10-14-37)35-17-21-39(22-18-35)51-29-30-52(55-51)40-23-19-36(20-24-40)34-11-15-38(16-12-34)42-26-28-46-44-6-2-4-8-48(44)54-50(46)32-42/h1-32H. The third-order valence-corrected chi connectivity index (χ3v) is 12.0. The van der Waals surface area contributed by atoms with Gasteiger partial charge in [-0.15, -0.1) is 11.3 Å². The van der Waals surface area contributed by atoms with Gasteiger partial charge in [0.2, 0.25) is 0 Å². The predicted octanol–water partition coefficient (Wildman–Crippen LogP) is 15.5. The Morgan fingerprint density at radius 2 is 0.527 bits per heavy atom. The van der Waals surface area contributed by atoms with Crippen molar-refractivity contribution in [2.24, 2.45) is 0 Å². The second-order valence-electron chi connectivity index (χ2n) is 14.1. The van der Waals surface area contributed by atoms with Crippen LogP contribution in [0.3, 0.4) is 0 Å². The molecule has 0 saturated carbocycles. The lowest BCUT2D eigenvalue weighted by Crippen LogP contribution is -1.81. The summed E-state index contributed by atoms with van der Waals surface area (Å²) in [5.74, 6) is 0. The summed E-state index contributed by atoms with van der Waals surface area (Å²) in [6, 6.07) is 69.3. The van der Waals surface area contributed by atoms with E-state index in [1.54, 1.807) is 0 Å². The molecule has 11 rings (SSSR count). The average molecular weight is 721 g/mol. The zero-order valence-corrected chi connectivity index (χ0v) is 30.5. The van der Waals surface area contributed by atoms with Crippen LogP contribution in [0.4, 0.5) is 0 Å². The molecule has 0 unspecified atom stereocenters. The first kappa shape index (κ1) is 31.6. The topological polar surface area (TPSA) is 26.3 Å². The van der Waals surface area contributed by atoms with Gasteiger partial charge in [0.1, 0.15) is 22.3 Å². The van der Waals surface area contributed by atoms with E-state index >= 15 is 0 Å². The number of fused-ring (bicyclic) bond motifs is 6. The lowest BCUT2D eigenvalue weighted by molar-refractivity contribution is 0.668. The lowest BCUT2D eigenvalue weighted by atomic mass is 9.98. The fourth-order valence-corrected chi connectivity index (χ4v) is 8.84. The van der Waals surface area contributed by atoms with Crippen molar-refractivity contribution in [2.45, 2.75) is 0 Å². The quantitative estimate of drug-likeness (QED) is 0.171. The van der Waals surface area contributed by atoms with Gasteiger partial charge in [-0.05, 0) is 104 Å². The number of para-hydroxylation sites is 2. The molecule has 0 aliphatic heterocycles. The molecular weight excluding hydrogens is 689 g/mol. The number of hydrogen-bond acceptors (Lipinski definition) is 3. The van der Waals surface area contributed by atoms with Gasteiger partial charge < -0.3 is 8.83 Å². The maximum atomic E-state index is 6.13. The van der Waals surface area contributed by atoms with Gasteiger partial charge in [0.25, 0.3) is 0 Å². The third-order valence-electron chi connectivity index (χ3n) is 10.8. The summed E-state index contributed by atoms with van der Waals surface area (Å²) >= 11 is 1.83. The van der Waals surface area contributed by atoms with E-state index < -0.39 is 0 Å². The molecule has 0 N–H and O–H groups in total. The molecule has 3 aromatic heterocycles. The van der Waals surface area contributed by atoms with Crippen molar-refractivity contribution in [3.63, 3.8) is 0 Å². The Kier molecular flexibility index (Phi) is 7.39. The van der Waals surface area contributed by atoms with E-state index in [0.717, 1.165) is 55.0 Å². The molecule has 8 aromatic carbocycles. The molecule has 55 heavy (non-hydrogen) atoms. The summed E-state index contributed by atoms with van der Waals surface area (Å²) in [7, 11) is 0. The summed E-state index contributed by atoms with van der Waals surface area (Å²) in [6.07, 6.45) is 0. The van der Waals surface area contributed by atoms with E-state index in [1.165, 1.54) is 54.3 Å². The fraction of sp³-hybridized carbons (Fsp3) is 0. The lowest BCUT2D eigenvalue weighted by Gasteiger charge is -2.07. The van der Waals surface area contributed by atoms with Crippen LogP contribution in [0.1, 0.15) is 0 Å². The van der Waals surface area contributed by atoms with Gasteiger partial charge in [-0.2, -0.15) is 0 Å². The van der Waals surface area contributed by atoms with Crippen LogP contribution in [0.5, 0.6) is 0 Å². The first-order valence-corrected chi connectivity index (χ1v) is 19.4. The summed E-state index contributed by atoms with van der Waals surface area (Å²) in [5, 5.41) is 4.62. The smallest absolute Gasteiger partial charge is 0.136 e. The summed E-state index contributed by atoms with van der Waals surface area (Å²) in [4.78, 5) is 2.52. The van der Waals surface area contributed by atoms with Crippen molar-refractivity contribution < 1.29 is 8.83 Å². The van der Waals surface area contributed by atoms with E-state index in [4.69, 9.17) is 8.83 Å². The van der Waals surface area contributed by atoms with Gasteiger partial charge >= 0.3 is 0 Å². The Labute approximate surface area is 322 Å².